The second kappa shape index (κ2) is 6.04. The molecule has 0 aliphatic carbocycles. The minimum Gasteiger partial charge on any atom is -0.476 e. The predicted octanol–water partition coefficient (Wildman–Crippen LogP) is 1.39. The number of anilines is 2. The summed E-state index contributed by atoms with van der Waals surface area (Å²) < 4.78 is 16.6. The van der Waals surface area contributed by atoms with Gasteiger partial charge in [0.2, 0.25) is 5.88 Å². The molecule has 1 aliphatic rings. The molecular weight excluding hydrogens is 250 g/mol. The monoisotopic (exact) mass is 269 g/mol. The Labute approximate surface area is 110 Å². The van der Waals surface area contributed by atoms with Crippen molar-refractivity contribution >= 4 is 22.3 Å². The molecule has 0 radical (unpaired) electrons. The minimum absolute atomic E-state index is 0.341. The molecule has 0 spiro atoms. The molecule has 0 saturated carbocycles. The van der Waals surface area contributed by atoms with Gasteiger partial charge in [0, 0.05) is 28.3 Å². The first-order valence-electron chi connectivity index (χ1n) is 6.20. The third kappa shape index (κ3) is 3.35. The largest absolute Gasteiger partial charge is 0.476 e. The summed E-state index contributed by atoms with van der Waals surface area (Å²) >= 11 is 0. The first-order chi connectivity index (χ1) is 8.69. The Bertz CT molecular complexity index is 429. The highest BCUT2D eigenvalue weighted by atomic mass is 32.2. The van der Waals surface area contributed by atoms with Crippen LogP contribution in [-0.2, 0) is 10.8 Å². The van der Waals surface area contributed by atoms with Gasteiger partial charge < -0.3 is 15.8 Å². The van der Waals surface area contributed by atoms with E-state index in [0.717, 1.165) is 30.2 Å². The Kier molecular flexibility index (Phi) is 4.41. The second-order valence-electron chi connectivity index (χ2n) is 4.29. The smallest absolute Gasteiger partial charge is 0.239 e. The molecule has 0 amide bonds. The number of nitrogens with two attached hydrogens (primary N) is 1. The van der Waals surface area contributed by atoms with Gasteiger partial charge in [-0.3, -0.25) is 4.21 Å². The maximum atomic E-state index is 11.3. The highest BCUT2D eigenvalue weighted by Gasteiger charge is 2.18. The molecule has 1 saturated heterocycles. The lowest BCUT2D eigenvalue weighted by atomic mass is 10.1. The zero-order valence-electron chi connectivity index (χ0n) is 10.5. The first kappa shape index (κ1) is 13.1. The number of hydrogen-bond donors (Lipinski definition) is 2. The standard InChI is InChI=1S/C12H19N3O2S/c1-2-17-12-10(13)3-4-11(15-12)14-9-5-7-18(16)8-6-9/h3-4,9H,2,5-8,13H2,1H3,(H,14,15). The fourth-order valence-corrected chi connectivity index (χ4v) is 3.23. The van der Waals surface area contributed by atoms with Crippen LogP contribution in [0.4, 0.5) is 11.5 Å². The molecule has 6 heteroatoms. The molecular formula is C12H19N3O2S. The van der Waals surface area contributed by atoms with Crippen molar-refractivity contribution in [3.8, 4) is 5.88 Å². The van der Waals surface area contributed by atoms with Crippen LogP contribution >= 0.6 is 0 Å². The van der Waals surface area contributed by atoms with Crippen LogP contribution in [0.15, 0.2) is 12.1 Å². The van der Waals surface area contributed by atoms with Crippen molar-refractivity contribution in [1.29, 1.82) is 0 Å². The number of nitrogens with one attached hydrogen (secondary N) is 1. The van der Waals surface area contributed by atoms with E-state index in [-0.39, 0.29) is 0 Å². The molecule has 5 nitrogen and oxygen atoms in total. The van der Waals surface area contributed by atoms with Crippen molar-refractivity contribution in [3.63, 3.8) is 0 Å². The lowest BCUT2D eigenvalue weighted by Crippen LogP contribution is -2.29. The number of aromatic nitrogens is 1. The molecule has 1 aromatic rings. The molecule has 1 aliphatic heterocycles. The first-order valence-corrected chi connectivity index (χ1v) is 7.68. The van der Waals surface area contributed by atoms with Crippen LogP contribution in [-0.4, -0.2) is 33.3 Å². The van der Waals surface area contributed by atoms with Gasteiger partial charge in [-0.2, -0.15) is 4.98 Å². The van der Waals surface area contributed by atoms with E-state index in [0.29, 0.717) is 24.2 Å². The normalized spacial score (nSPS) is 23.6. The molecule has 0 unspecified atom stereocenters. The quantitative estimate of drug-likeness (QED) is 0.863. The van der Waals surface area contributed by atoms with E-state index in [9.17, 15) is 4.21 Å². The maximum absolute atomic E-state index is 11.3. The van der Waals surface area contributed by atoms with Gasteiger partial charge in [-0.1, -0.05) is 0 Å². The zero-order chi connectivity index (χ0) is 13.0. The molecule has 100 valence electrons. The molecule has 3 N–H and O–H groups in total. The predicted molar refractivity (Wildman–Crippen MR) is 74.3 cm³/mol. The summed E-state index contributed by atoms with van der Waals surface area (Å²) in [5.41, 5.74) is 6.32. The Balaban J connectivity index is 2.00. The summed E-state index contributed by atoms with van der Waals surface area (Å²) in [6.07, 6.45) is 1.84. The molecule has 1 fully saturated rings. The summed E-state index contributed by atoms with van der Waals surface area (Å²) in [4.78, 5) is 4.34. The topological polar surface area (TPSA) is 77.2 Å². The number of rotatable bonds is 4. The highest BCUT2D eigenvalue weighted by Crippen LogP contribution is 2.22. The van der Waals surface area contributed by atoms with E-state index < -0.39 is 10.8 Å². The third-order valence-corrected chi connectivity index (χ3v) is 4.29. The number of nitrogen functional groups attached to an aromatic ring is 1. The number of ether oxygens (including phenoxy) is 1. The van der Waals surface area contributed by atoms with Gasteiger partial charge in [0.05, 0.1) is 12.3 Å². The Hall–Kier alpha value is -1.30. The van der Waals surface area contributed by atoms with Gasteiger partial charge in [-0.05, 0) is 31.9 Å². The van der Waals surface area contributed by atoms with Crippen LogP contribution in [0, 0.1) is 0 Å². The van der Waals surface area contributed by atoms with E-state index >= 15 is 0 Å². The maximum Gasteiger partial charge on any atom is 0.239 e. The van der Waals surface area contributed by atoms with Crippen LogP contribution in [0.3, 0.4) is 0 Å². The second-order valence-corrected chi connectivity index (χ2v) is 5.99. The lowest BCUT2D eigenvalue weighted by Gasteiger charge is -2.23. The van der Waals surface area contributed by atoms with Gasteiger partial charge >= 0.3 is 0 Å². The van der Waals surface area contributed by atoms with Gasteiger partial charge in [0.15, 0.2) is 0 Å². The van der Waals surface area contributed by atoms with Crippen molar-refractivity contribution in [2.75, 3.05) is 29.2 Å². The zero-order valence-corrected chi connectivity index (χ0v) is 11.3. The van der Waals surface area contributed by atoms with Crippen molar-refractivity contribution in [3.05, 3.63) is 12.1 Å². The average Bonchev–Trinajstić information content (AvgIpc) is 2.37. The van der Waals surface area contributed by atoms with E-state index in [4.69, 9.17) is 10.5 Å². The fraction of sp³-hybridized carbons (Fsp3) is 0.583. The van der Waals surface area contributed by atoms with Gasteiger partial charge in [-0.15, -0.1) is 0 Å². The van der Waals surface area contributed by atoms with Crippen LogP contribution < -0.4 is 15.8 Å². The summed E-state index contributed by atoms with van der Waals surface area (Å²) in [5, 5.41) is 3.35. The van der Waals surface area contributed by atoms with E-state index in [2.05, 4.69) is 10.3 Å². The molecule has 0 aromatic carbocycles. The van der Waals surface area contributed by atoms with Gasteiger partial charge in [0.1, 0.15) is 5.82 Å². The van der Waals surface area contributed by atoms with Crippen molar-refractivity contribution in [2.45, 2.75) is 25.8 Å². The average molecular weight is 269 g/mol. The summed E-state index contributed by atoms with van der Waals surface area (Å²) in [6.45, 7) is 2.45. The molecule has 18 heavy (non-hydrogen) atoms. The third-order valence-electron chi connectivity index (χ3n) is 2.91. The Morgan fingerprint density at radius 3 is 2.89 bits per heavy atom. The van der Waals surface area contributed by atoms with Crippen LogP contribution in [0.2, 0.25) is 0 Å². The molecule has 0 bridgehead atoms. The van der Waals surface area contributed by atoms with E-state index in [1.54, 1.807) is 6.07 Å². The number of nitrogens with zero attached hydrogens (tertiary/aromatic N) is 1. The van der Waals surface area contributed by atoms with Crippen LogP contribution in [0.25, 0.3) is 0 Å². The number of pyridine rings is 1. The Morgan fingerprint density at radius 1 is 1.50 bits per heavy atom. The van der Waals surface area contributed by atoms with Gasteiger partial charge in [-0.25, -0.2) is 0 Å². The van der Waals surface area contributed by atoms with Crippen molar-refractivity contribution in [2.24, 2.45) is 0 Å². The SMILES string of the molecule is CCOc1nc(NC2CCS(=O)CC2)ccc1N. The minimum atomic E-state index is -0.635. The summed E-state index contributed by atoms with van der Waals surface area (Å²) in [7, 11) is -0.635. The molecule has 0 atom stereocenters. The van der Waals surface area contributed by atoms with Crippen molar-refractivity contribution in [1.82, 2.24) is 4.98 Å². The summed E-state index contributed by atoms with van der Waals surface area (Å²) in [6, 6.07) is 3.98. The van der Waals surface area contributed by atoms with E-state index in [1.807, 2.05) is 13.0 Å². The lowest BCUT2D eigenvalue weighted by molar-refractivity contribution is 0.329. The van der Waals surface area contributed by atoms with Crippen LogP contribution in [0.1, 0.15) is 19.8 Å². The molecule has 2 rings (SSSR count). The Morgan fingerprint density at radius 2 is 2.22 bits per heavy atom. The van der Waals surface area contributed by atoms with Crippen molar-refractivity contribution < 1.29 is 8.95 Å². The fourth-order valence-electron chi connectivity index (χ4n) is 1.93. The van der Waals surface area contributed by atoms with Gasteiger partial charge in [0.25, 0.3) is 0 Å². The molecule has 1 aromatic heterocycles. The van der Waals surface area contributed by atoms with Crippen LogP contribution in [0.5, 0.6) is 5.88 Å². The highest BCUT2D eigenvalue weighted by molar-refractivity contribution is 7.85. The van der Waals surface area contributed by atoms with E-state index in [1.165, 1.54) is 0 Å². The molecule has 2 heterocycles. The number of hydrogen-bond acceptors (Lipinski definition) is 5. The summed E-state index contributed by atoms with van der Waals surface area (Å²) in [5.74, 6) is 2.78.